The predicted molar refractivity (Wildman–Crippen MR) is 108 cm³/mol. The Labute approximate surface area is 149 Å². The molecule has 0 aliphatic carbocycles. The van der Waals surface area contributed by atoms with Crippen molar-refractivity contribution in [3.8, 4) is 0 Å². The molecule has 0 heteroatoms. The van der Waals surface area contributed by atoms with Crippen molar-refractivity contribution in [3.63, 3.8) is 0 Å². The molecule has 0 bridgehead atoms. The van der Waals surface area contributed by atoms with Gasteiger partial charge in [0.2, 0.25) is 0 Å². The molecule has 0 nitrogen and oxygen atoms in total. The van der Waals surface area contributed by atoms with Crippen molar-refractivity contribution in [1.29, 1.82) is 0 Å². The molecule has 0 N–H and O–H groups in total. The summed E-state index contributed by atoms with van der Waals surface area (Å²) in [7, 11) is 0. The van der Waals surface area contributed by atoms with Crippen LogP contribution in [0.2, 0.25) is 0 Å². The van der Waals surface area contributed by atoms with Crippen molar-refractivity contribution in [2.24, 2.45) is 5.92 Å². The molecular formula is C23H48. The highest BCUT2D eigenvalue weighted by atomic mass is 14.1. The monoisotopic (exact) mass is 324 g/mol. The third-order valence-corrected chi connectivity index (χ3v) is 5.49. The zero-order valence-electron chi connectivity index (χ0n) is 17.0. The fourth-order valence-electron chi connectivity index (χ4n) is 3.77. The maximum atomic E-state index is 2.37. The molecule has 140 valence electrons. The number of hydrogen-bond acceptors (Lipinski definition) is 0. The fourth-order valence-corrected chi connectivity index (χ4v) is 3.77. The molecule has 23 heavy (non-hydrogen) atoms. The van der Waals surface area contributed by atoms with Crippen LogP contribution in [0.25, 0.3) is 0 Å². The molecule has 0 radical (unpaired) electrons. The molecule has 1 atom stereocenters. The van der Waals surface area contributed by atoms with Gasteiger partial charge in [0.1, 0.15) is 0 Å². The van der Waals surface area contributed by atoms with Gasteiger partial charge < -0.3 is 0 Å². The first-order valence-electron chi connectivity index (χ1n) is 11.3. The Morgan fingerprint density at radius 3 is 1.13 bits per heavy atom. The summed E-state index contributed by atoms with van der Waals surface area (Å²) in [6.45, 7) is 7.00. The molecule has 0 aliphatic rings. The minimum Gasteiger partial charge on any atom is -0.0654 e. The van der Waals surface area contributed by atoms with E-state index in [-0.39, 0.29) is 0 Å². The maximum absolute atomic E-state index is 2.37. The molecule has 0 saturated heterocycles. The van der Waals surface area contributed by atoms with Crippen LogP contribution in [0.5, 0.6) is 0 Å². The SMILES string of the molecule is CCCCCCCCCCCCCCCCCC(CC)CCC. The summed E-state index contributed by atoms with van der Waals surface area (Å²) in [6, 6.07) is 0. The average Bonchev–Trinajstić information content (AvgIpc) is 2.57. The molecule has 0 amide bonds. The Balaban J connectivity index is 3.07. The van der Waals surface area contributed by atoms with Crippen molar-refractivity contribution < 1.29 is 0 Å². The van der Waals surface area contributed by atoms with Crippen molar-refractivity contribution in [2.45, 2.75) is 143 Å². The Kier molecular flexibility index (Phi) is 20.0. The van der Waals surface area contributed by atoms with Gasteiger partial charge in [-0.3, -0.25) is 0 Å². The van der Waals surface area contributed by atoms with E-state index in [0.717, 1.165) is 5.92 Å². The maximum Gasteiger partial charge on any atom is -0.0417 e. The lowest BCUT2D eigenvalue weighted by atomic mass is 9.94. The summed E-state index contributed by atoms with van der Waals surface area (Å²) in [6.07, 6.45) is 27.8. The Morgan fingerprint density at radius 1 is 0.391 bits per heavy atom. The van der Waals surface area contributed by atoms with Crippen molar-refractivity contribution in [3.05, 3.63) is 0 Å². The molecule has 1 unspecified atom stereocenters. The summed E-state index contributed by atoms with van der Waals surface area (Å²) < 4.78 is 0. The van der Waals surface area contributed by atoms with E-state index in [4.69, 9.17) is 0 Å². The highest BCUT2D eigenvalue weighted by Crippen LogP contribution is 2.19. The highest BCUT2D eigenvalue weighted by Gasteiger charge is 2.04. The molecule has 0 fully saturated rings. The first kappa shape index (κ1) is 23.0. The molecule has 0 heterocycles. The summed E-state index contributed by atoms with van der Waals surface area (Å²) in [5.41, 5.74) is 0. The van der Waals surface area contributed by atoms with E-state index in [1.54, 1.807) is 0 Å². The Bertz CT molecular complexity index is 196. The lowest BCUT2D eigenvalue weighted by molar-refractivity contribution is 0.407. The molecule has 0 aliphatic heterocycles. The molecule has 0 aromatic rings. The first-order chi connectivity index (χ1) is 11.3. The second-order valence-electron chi connectivity index (χ2n) is 7.80. The quantitative estimate of drug-likeness (QED) is 0.208. The smallest absolute Gasteiger partial charge is 0.0417 e. The van der Waals surface area contributed by atoms with Crippen molar-refractivity contribution >= 4 is 0 Å². The van der Waals surface area contributed by atoms with Gasteiger partial charge in [-0.2, -0.15) is 0 Å². The minimum atomic E-state index is 1.02. The second kappa shape index (κ2) is 20.0. The van der Waals surface area contributed by atoms with Crippen LogP contribution in [-0.2, 0) is 0 Å². The van der Waals surface area contributed by atoms with Crippen LogP contribution in [0.3, 0.4) is 0 Å². The van der Waals surface area contributed by atoms with Gasteiger partial charge >= 0.3 is 0 Å². The van der Waals surface area contributed by atoms with E-state index >= 15 is 0 Å². The molecule has 0 spiro atoms. The lowest BCUT2D eigenvalue weighted by Gasteiger charge is -2.13. The summed E-state index contributed by atoms with van der Waals surface area (Å²) >= 11 is 0. The van der Waals surface area contributed by atoms with Crippen LogP contribution < -0.4 is 0 Å². The van der Waals surface area contributed by atoms with Crippen molar-refractivity contribution in [1.82, 2.24) is 0 Å². The van der Waals surface area contributed by atoms with Crippen LogP contribution in [-0.4, -0.2) is 0 Å². The van der Waals surface area contributed by atoms with Crippen LogP contribution in [0.4, 0.5) is 0 Å². The number of unbranched alkanes of at least 4 members (excludes halogenated alkanes) is 14. The average molecular weight is 325 g/mol. The van der Waals surface area contributed by atoms with E-state index in [1.807, 2.05) is 0 Å². The van der Waals surface area contributed by atoms with E-state index in [1.165, 1.54) is 122 Å². The van der Waals surface area contributed by atoms with Gasteiger partial charge in [-0.25, -0.2) is 0 Å². The van der Waals surface area contributed by atoms with Crippen LogP contribution in [0.1, 0.15) is 143 Å². The van der Waals surface area contributed by atoms with Gasteiger partial charge in [0.15, 0.2) is 0 Å². The van der Waals surface area contributed by atoms with Gasteiger partial charge in [-0.15, -0.1) is 0 Å². The summed E-state index contributed by atoms with van der Waals surface area (Å²) in [5.74, 6) is 1.02. The molecule has 0 saturated carbocycles. The number of hydrogen-bond donors (Lipinski definition) is 0. The van der Waals surface area contributed by atoms with E-state index < -0.39 is 0 Å². The predicted octanol–water partition coefficient (Wildman–Crippen LogP) is 9.07. The largest absolute Gasteiger partial charge is 0.0654 e. The summed E-state index contributed by atoms with van der Waals surface area (Å²) in [5, 5.41) is 0. The molecule has 0 aromatic heterocycles. The van der Waals surface area contributed by atoms with Gasteiger partial charge in [0.05, 0.1) is 0 Å². The van der Waals surface area contributed by atoms with Crippen LogP contribution >= 0.6 is 0 Å². The normalized spacial score (nSPS) is 12.7. The third kappa shape index (κ3) is 18.2. The van der Waals surface area contributed by atoms with Crippen LogP contribution in [0.15, 0.2) is 0 Å². The minimum absolute atomic E-state index is 1.02. The van der Waals surface area contributed by atoms with Gasteiger partial charge in [0.25, 0.3) is 0 Å². The fraction of sp³-hybridized carbons (Fsp3) is 1.00. The van der Waals surface area contributed by atoms with Gasteiger partial charge in [-0.05, 0) is 5.92 Å². The third-order valence-electron chi connectivity index (χ3n) is 5.49. The second-order valence-corrected chi connectivity index (χ2v) is 7.80. The number of rotatable bonds is 19. The zero-order chi connectivity index (χ0) is 17.0. The standard InChI is InChI=1S/C23H48/c1-4-7-8-9-10-11-12-13-14-15-16-17-18-19-20-22-23(6-3)21-5-2/h23H,4-22H2,1-3H3. The van der Waals surface area contributed by atoms with E-state index in [9.17, 15) is 0 Å². The Morgan fingerprint density at radius 2 is 0.783 bits per heavy atom. The van der Waals surface area contributed by atoms with Crippen LogP contribution in [0, 0.1) is 5.92 Å². The zero-order valence-corrected chi connectivity index (χ0v) is 17.0. The topological polar surface area (TPSA) is 0 Å². The van der Waals surface area contributed by atoms with Crippen molar-refractivity contribution in [2.75, 3.05) is 0 Å². The van der Waals surface area contributed by atoms with E-state index in [2.05, 4.69) is 20.8 Å². The lowest BCUT2D eigenvalue weighted by Crippen LogP contribution is -1.97. The molecular weight excluding hydrogens is 276 g/mol. The molecule has 0 aromatic carbocycles. The Hall–Kier alpha value is 0. The first-order valence-corrected chi connectivity index (χ1v) is 11.3. The van der Waals surface area contributed by atoms with Gasteiger partial charge in [-0.1, -0.05) is 143 Å². The molecule has 0 rings (SSSR count). The van der Waals surface area contributed by atoms with E-state index in [0.29, 0.717) is 0 Å². The summed E-state index contributed by atoms with van der Waals surface area (Å²) in [4.78, 5) is 0. The highest BCUT2D eigenvalue weighted by molar-refractivity contribution is 4.57. The van der Waals surface area contributed by atoms with Gasteiger partial charge in [0, 0.05) is 0 Å².